The van der Waals surface area contributed by atoms with E-state index >= 15 is 0 Å². The van der Waals surface area contributed by atoms with E-state index in [9.17, 15) is 0 Å². The maximum absolute atomic E-state index is 6.40. The third kappa shape index (κ3) is 3.44. The Kier molecular flexibility index (Phi) is 5.72. The van der Waals surface area contributed by atoms with Gasteiger partial charge in [0.25, 0.3) is 0 Å². The van der Waals surface area contributed by atoms with Gasteiger partial charge in [-0.25, -0.2) is 0 Å². The maximum Gasteiger partial charge on any atom is 0.0892 e. The minimum atomic E-state index is -0.00560. The molecule has 2 aromatic rings. The molecule has 0 spiro atoms. The number of nitrogens with zero attached hydrogens (tertiary/aromatic N) is 4. The second kappa shape index (κ2) is 7.33. The molecule has 21 heavy (non-hydrogen) atoms. The van der Waals surface area contributed by atoms with E-state index in [2.05, 4.69) is 47.7 Å². The first-order chi connectivity index (χ1) is 10.1. The first kappa shape index (κ1) is 16.4. The number of nitrogens with one attached hydrogen (secondary N) is 1. The van der Waals surface area contributed by atoms with Gasteiger partial charge in [0.2, 0.25) is 0 Å². The van der Waals surface area contributed by atoms with E-state index < -0.39 is 0 Å². The standard InChI is InChI=1S/C14H22ClN5S/c1-5-7-20-13(10(15)8-17-20)12(16-6-2)14-11(9(3)4)18-19-21-14/h8-9,12,16H,5-7H2,1-4H3. The fraction of sp³-hybridized carbons (Fsp3) is 0.643. The zero-order valence-corrected chi connectivity index (χ0v) is 14.5. The van der Waals surface area contributed by atoms with Gasteiger partial charge in [0.15, 0.2) is 0 Å². The number of hydrogen-bond acceptors (Lipinski definition) is 5. The zero-order chi connectivity index (χ0) is 15.4. The number of hydrogen-bond donors (Lipinski definition) is 1. The molecule has 2 aromatic heterocycles. The van der Waals surface area contributed by atoms with Crippen molar-refractivity contribution in [2.45, 2.75) is 52.6 Å². The normalized spacial score (nSPS) is 13.0. The molecule has 1 N–H and O–H groups in total. The van der Waals surface area contributed by atoms with Crippen LogP contribution in [0, 0.1) is 0 Å². The van der Waals surface area contributed by atoms with Crippen molar-refractivity contribution in [3.8, 4) is 0 Å². The Bertz CT molecular complexity index is 578. The summed E-state index contributed by atoms with van der Waals surface area (Å²) in [6, 6.07) is -0.00560. The molecule has 116 valence electrons. The van der Waals surface area contributed by atoms with Crippen LogP contribution in [0.3, 0.4) is 0 Å². The van der Waals surface area contributed by atoms with Crippen LogP contribution in [-0.2, 0) is 6.54 Å². The summed E-state index contributed by atoms with van der Waals surface area (Å²) in [5.74, 6) is 0.334. The van der Waals surface area contributed by atoms with Crippen molar-refractivity contribution in [3.63, 3.8) is 0 Å². The molecule has 5 nitrogen and oxygen atoms in total. The lowest BCUT2D eigenvalue weighted by Gasteiger charge is -2.20. The van der Waals surface area contributed by atoms with Crippen molar-refractivity contribution in [2.24, 2.45) is 0 Å². The number of rotatable bonds is 7. The fourth-order valence-electron chi connectivity index (χ4n) is 2.37. The van der Waals surface area contributed by atoms with E-state index in [0.717, 1.165) is 35.8 Å². The van der Waals surface area contributed by atoms with Gasteiger partial charge in [-0.2, -0.15) is 5.10 Å². The van der Waals surface area contributed by atoms with E-state index in [1.54, 1.807) is 6.20 Å². The molecule has 0 fully saturated rings. The number of aromatic nitrogens is 4. The Labute approximate surface area is 134 Å². The summed E-state index contributed by atoms with van der Waals surface area (Å²) in [6.45, 7) is 10.2. The fourth-order valence-corrected chi connectivity index (χ4v) is 3.51. The Hall–Kier alpha value is -0.980. The summed E-state index contributed by atoms with van der Waals surface area (Å²) >= 11 is 7.84. The van der Waals surface area contributed by atoms with Crippen LogP contribution in [0.1, 0.15) is 62.3 Å². The van der Waals surface area contributed by atoms with Crippen LogP contribution in [0.25, 0.3) is 0 Å². The monoisotopic (exact) mass is 327 g/mol. The predicted molar refractivity (Wildman–Crippen MR) is 87.0 cm³/mol. The molecule has 1 atom stereocenters. The van der Waals surface area contributed by atoms with Gasteiger partial charge in [0.05, 0.1) is 33.5 Å². The molecule has 0 saturated heterocycles. The second-order valence-corrected chi connectivity index (χ2v) is 6.46. The minimum absolute atomic E-state index is 0.00560. The molecular formula is C14H22ClN5S. The molecule has 0 amide bonds. The van der Waals surface area contributed by atoms with Crippen molar-refractivity contribution in [1.82, 2.24) is 24.7 Å². The quantitative estimate of drug-likeness (QED) is 0.843. The van der Waals surface area contributed by atoms with Crippen LogP contribution < -0.4 is 5.32 Å². The SMILES string of the molecule is CCCn1ncc(Cl)c1C(NCC)c1snnc1C(C)C. The summed E-state index contributed by atoms with van der Waals surface area (Å²) < 4.78 is 6.13. The minimum Gasteiger partial charge on any atom is -0.304 e. The Morgan fingerprint density at radius 1 is 1.38 bits per heavy atom. The summed E-state index contributed by atoms with van der Waals surface area (Å²) in [7, 11) is 0. The van der Waals surface area contributed by atoms with E-state index in [4.69, 9.17) is 11.6 Å². The number of halogens is 1. The average Bonchev–Trinajstić information content (AvgIpc) is 3.05. The molecule has 7 heteroatoms. The molecule has 1 unspecified atom stereocenters. The van der Waals surface area contributed by atoms with Gasteiger partial charge >= 0.3 is 0 Å². The topological polar surface area (TPSA) is 55.6 Å². The van der Waals surface area contributed by atoms with Gasteiger partial charge in [-0.3, -0.25) is 4.68 Å². The van der Waals surface area contributed by atoms with Crippen molar-refractivity contribution in [2.75, 3.05) is 6.54 Å². The smallest absolute Gasteiger partial charge is 0.0892 e. The van der Waals surface area contributed by atoms with Gasteiger partial charge in [-0.1, -0.05) is 43.8 Å². The second-order valence-electron chi connectivity index (χ2n) is 5.27. The lowest BCUT2D eigenvalue weighted by atomic mass is 10.0. The van der Waals surface area contributed by atoms with Crippen molar-refractivity contribution in [1.29, 1.82) is 0 Å². The van der Waals surface area contributed by atoms with Gasteiger partial charge in [0.1, 0.15) is 0 Å². The Balaban J connectivity index is 2.48. The molecule has 0 saturated carbocycles. The van der Waals surface area contributed by atoms with Gasteiger partial charge in [-0.15, -0.1) is 5.10 Å². The number of aryl methyl sites for hydroxylation is 1. The summed E-state index contributed by atoms with van der Waals surface area (Å²) in [5, 5.41) is 12.9. The van der Waals surface area contributed by atoms with Crippen LogP contribution in [-0.4, -0.2) is 25.9 Å². The van der Waals surface area contributed by atoms with E-state index in [0.29, 0.717) is 10.9 Å². The van der Waals surface area contributed by atoms with Crippen LogP contribution in [0.15, 0.2) is 6.20 Å². The molecule has 0 radical (unpaired) electrons. The van der Waals surface area contributed by atoms with E-state index in [1.165, 1.54) is 11.5 Å². The lowest BCUT2D eigenvalue weighted by Crippen LogP contribution is -2.25. The van der Waals surface area contributed by atoms with Gasteiger partial charge in [-0.05, 0) is 30.4 Å². The molecule has 0 aliphatic heterocycles. The third-order valence-corrected chi connectivity index (χ3v) is 4.40. The molecular weight excluding hydrogens is 306 g/mol. The van der Waals surface area contributed by atoms with Crippen molar-refractivity contribution < 1.29 is 0 Å². The summed E-state index contributed by atoms with van der Waals surface area (Å²) in [6.07, 6.45) is 2.74. The van der Waals surface area contributed by atoms with Crippen LogP contribution in [0.4, 0.5) is 0 Å². The Morgan fingerprint density at radius 2 is 2.14 bits per heavy atom. The zero-order valence-electron chi connectivity index (χ0n) is 12.9. The van der Waals surface area contributed by atoms with E-state index in [-0.39, 0.29) is 6.04 Å². The predicted octanol–water partition coefficient (Wildman–Crippen LogP) is 3.62. The largest absolute Gasteiger partial charge is 0.304 e. The van der Waals surface area contributed by atoms with Crippen molar-refractivity contribution in [3.05, 3.63) is 27.5 Å². The van der Waals surface area contributed by atoms with Gasteiger partial charge < -0.3 is 5.32 Å². The highest BCUT2D eigenvalue weighted by Crippen LogP contribution is 2.34. The highest BCUT2D eigenvalue weighted by molar-refractivity contribution is 7.05. The van der Waals surface area contributed by atoms with Crippen LogP contribution in [0.2, 0.25) is 5.02 Å². The summed E-state index contributed by atoms with van der Waals surface area (Å²) in [4.78, 5) is 1.13. The maximum atomic E-state index is 6.40. The third-order valence-electron chi connectivity index (χ3n) is 3.30. The summed E-state index contributed by atoms with van der Waals surface area (Å²) in [5.41, 5.74) is 2.04. The molecule has 0 bridgehead atoms. The lowest BCUT2D eigenvalue weighted by molar-refractivity contribution is 0.520. The average molecular weight is 328 g/mol. The highest BCUT2D eigenvalue weighted by atomic mass is 35.5. The molecule has 2 heterocycles. The molecule has 2 rings (SSSR count). The molecule has 0 aliphatic rings. The first-order valence-corrected chi connectivity index (χ1v) is 8.51. The molecule has 0 aliphatic carbocycles. The van der Waals surface area contributed by atoms with Crippen LogP contribution in [0.5, 0.6) is 0 Å². The van der Waals surface area contributed by atoms with E-state index in [1.807, 2.05) is 4.68 Å². The Morgan fingerprint density at radius 3 is 2.76 bits per heavy atom. The molecule has 0 aromatic carbocycles. The highest BCUT2D eigenvalue weighted by Gasteiger charge is 2.27. The van der Waals surface area contributed by atoms with Gasteiger partial charge in [0, 0.05) is 6.54 Å². The van der Waals surface area contributed by atoms with Crippen molar-refractivity contribution >= 4 is 23.1 Å². The van der Waals surface area contributed by atoms with Crippen LogP contribution >= 0.6 is 23.1 Å². The first-order valence-electron chi connectivity index (χ1n) is 7.36.